The fourth-order valence-corrected chi connectivity index (χ4v) is 4.65. The zero-order chi connectivity index (χ0) is 13.7. The minimum atomic E-state index is -0.265. The summed E-state index contributed by atoms with van der Waals surface area (Å²) in [6.45, 7) is 0. The maximum atomic E-state index is 12.4. The predicted molar refractivity (Wildman–Crippen MR) is 86.2 cm³/mol. The summed E-state index contributed by atoms with van der Waals surface area (Å²) in [4.78, 5) is 13.8. The minimum absolute atomic E-state index is 0.0227. The van der Waals surface area contributed by atoms with Crippen molar-refractivity contribution in [3.05, 3.63) is 37.7 Å². The van der Waals surface area contributed by atoms with Crippen molar-refractivity contribution in [2.75, 3.05) is 5.32 Å². The van der Waals surface area contributed by atoms with Crippen LogP contribution in [0.2, 0.25) is 0 Å². The van der Waals surface area contributed by atoms with Gasteiger partial charge in [0.25, 0.3) is 5.91 Å². The number of amides is 1. The van der Waals surface area contributed by atoms with Crippen LogP contribution >= 0.6 is 33.9 Å². The number of halogens is 1. The number of carbonyl (C=O) groups is 1. The van der Waals surface area contributed by atoms with Crippen LogP contribution in [-0.2, 0) is 12.8 Å². The van der Waals surface area contributed by atoms with Gasteiger partial charge < -0.3 is 15.1 Å². The van der Waals surface area contributed by atoms with Gasteiger partial charge in [0.05, 0.1) is 5.56 Å². The zero-order valence-electron chi connectivity index (χ0n) is 10.7. The van der Waals surface area contributed by atoms with Crippen LogP contribution in [0.15, 0.2) is 16.5 Å². The summed E-state index contributed by atoms with van der Waals surface area (Å²) in [5.41, 5.74) is 2.12. The first kappa shape index (κ1) is 12.7. The van der Waals surface area contributed by atoms with Crippen molar-refractivity contribution in [3.63, 3.8) is 0 Å². The number of hydrogen-bond acceptors (Lipinski definition) is 4. The minimum Gasteiger partial charge on any atom is -0.451 e. The number of hydrogen-bond donors (Lipinski definition) is 2. The SMILES string of the molecule is O=C1NC(c2ccc(I)o2)Nc2sc3c(c21)CCCC3. The van der Waals surface area contributed by atoms with Gasteiger partial charge in [-0.1, -0.05) is 0 Å². The molecule has 1 amide bonds. The van der Waals surface area contributed by atoms with Crippen molar-refractivity contribution in [1.82, 2.24) is 5.32 Å². The number of rotatable bonds is 1. The lowest BCUT2D eigenvalue weighted by molar-refractivity contribution is 0.0930. The summed E-state index contributed by atoms with van der Waals surface area (Å²) in [6.07, 6.45) is 4.28. The van der Waals surface area contributed by atoms with Gasteiger partial charge in [0, 0.05) is 4.88 Å². The molecule has 6 heteroatoms. The molecule has 104 valence electrons. The molecule has 1 unspecified atom stereocenters. The van der Waals surface area contributed by atoms with E-state index < -0.39 is 0 Å². The lowest BCUT2D eigenvalue weighted by Crippen LogP contribution is -2.38. The van der Waals surface area contributed by atoms with Crippen LogP contribution in [0.4, 0.5) is 5.00 Å². The molecule has 0 spiro atoms. The zero-order valence-corrected chi connectivity index (χ0v) is 13.6. The highest BCUT2D eigenvalue weighted by atomic mass is 127. The Morgan fingerprint density at radius 1 is 1.25 bits per heavy atom. The van der Waals surface area contributed by atoms with Crippen LogP contribution in [0.3, 0.4) is 0 Å². The standard InChI is InChI=1S/C14H13IN2O2S/c15-10-6-5-8(19-10)12-16-13(18)11-7-3-1-2-4-9(7)20-14(11)17-12/h5-6,12,17H,1-4H2,(H,16,18). The van der Waals surface area contributed by atoms with Gasteiger partial charge in [0.2, 0.25) is 0 Å². The first-order valence-corrected chi connectivity index (χ1v) is 8.59. The highest BCUT2D eigenvalue weighted by Crippen LogP contribution is 2.41. The molecule has 2 aliphatic rings. The van der Waals surface area contributed by atoms with Gasteiger partial charge in [-0.25, -0.2) is 0 Å². The largest absolute Gasteiger partial charge is 0.451 e. The second-order valence-corrected chi connectivity index (χ2v) is 7.28. The quantitative estimate of drug-likeness (QED) is 0.719. The van der Waals surface area contributed by atoms with E-state index in [2.05, 4.69) is 33.2 Å². The monoisotopic (exact) mass is 400 g/mol. The summed E-state index contributed by atoms with van der Waals surface area (Å²) in [6, 6.07) is 3.80. The molecular formula is C14H13IN2O2S. The van der Waals surface area contributed by atoms with E-state index in [4.69, 9.17) is 4.42 Å². The molecule has 1 aliphatic carbocycles. The molecule has 2 aromatic heterocycles. The molecule has 0 bridgehead atoms. The highest BCUT2D eigenvalue weighted by Gasteiger charge is 2.32. The summed E-state index contributed by atoms with van der Waals surface area (Å²) >= 11 is 3.86. The average Bonchev–Trinajstić information content (AvgIpc) is 3.01. The molecule has 1 aliphatic heterocycles. The molecule has 0 fully saturated rings. The molecule has 2 aromatic rings. The molecule has 0 radical (unpaired) electrons. The van der Waals surface area contributed by atoms with E-state index in [9.17, 15) is 4.79 Å². The Bertz CT molecular complexity index is 691. The molecular weight excluding hydrogens is 387 g/mol. The molecule has 4 rings (SSSR count). The number of nitrogens with one attached hydrogen (secondary N) is 2. The first-order valence-electron chi connectivity index (χ1n) is 6.69. The van der Waals surface area contributed by atoms with Gasteiger partial charge in [-0.05, 0) is 66.0 Å². The molecule has 4 nitrogen and oxygen atoms in total. The second-order valence-electron chi connectivity index (χ2n) is 5.11. The van der Waals surface area contributed by atoms with Crippen molar-refractivity contribution in [2.24, 2.45) is 0 Å². The van der Waals surface area contributed by atoms with Gasteiger partial charge in [-0.3, -0.25) is 4.79 Å². The highest BCUT2D eigenvalue weighted by molar-refractivity contribution is 14.1. The van der Waals surface area contributed by atoms with Crippen LogP contribution in [0.1, 0.15) is 45.6 Å². The summed E-state index contributed by atoms with van der Waals surface area (Å²) in [7, 11) is 0. The third kappa shape index (κ3) is 1.96. The Morgan fingerprint density at radius 2 is 2.10 bits per heavy atom. The van der Waals surface area contributed by atoms with Gasteiger partial charge >= 0.3 is 0 Å². The van der Waals surface area contributed by atoms with E-state index >= 15 is 0 Å². The first-order chi connectivity index (χ1) is 9.72. The van der Waals surface area contributed by atoms with Crippen LogP contribution in [0.5, 0.6) is 0 Å². The molecule has 0 aromatic carbocycles. The van der Waals surface area contributed by atoms with Gasteiger partial charge in [0.15, 0.2) is 9.93 Å². The number of anilines is 1. The van der Waals surface area contributed by atoms with Crippen LogP contribution in [0, 0.1) is 3.77 Å². The smallest absolute Gasteiger partial charge is 0.256 e. The van der Waals surface area contributed by atoms with Crippen molar-refractivity contribution in [3.8, 4) is 0 Å². The van der Waals surface area contributed by atoms with Crippen LogP contribution in [-0.4, -0.2) is 5.91 Å². The fraction of sp³-hybridized carbons (Fsp3) is 0.357. The Balaban J connectivity index is 1.72. The van der Waals surface area contributed by atoms with Gasteiger partial charge in [-0.2, -0.15) is 0 Å². The van der Waals surface area contributed by atoms with E-state index in [1.807, 2.05) is 12.1 Å². The maximum Gasteiger partial charge on any atom is 0.256 e. The summed E-state index contributed by atoms with van der Waals surface area (Å²) in [5, 5.41) is 7.40. The molecule has 20 heavy (non-hydrogen) atoms. The molecule has 3 heterocycles. The third-order valence-electron chi connectivity index (χ3n) is 3.83. The van der Waals surface area contributed by atoms with E-state index in [0.717, 1.165) is 32.9 Å². The van der Waals surface area contributed by atoms with Crippen molar-refractivity contribution < 1.29 is 9.21 Å². The Kier molecular flexibility index (Phi) is 3.03. The van der Waals surface area contributed by atoms with E-state index in [0.29, 0.717) is 0 Å². The number of furan rings is 1. The van der Waals surface area contributed by atoms with Crippen molar-refractivity contribution >= 4 is 44.8 Å². The van der Waals surface area contributed by atoms with E-state index in [-0.39, 0.29) is 12.1 Å². The topological polar surface area (TPSA) is 54.3 Å². The predicted octanol–water partition coefficient (Wildman–Crippen LogP) is 3.68. The Morgan fingerprint density at radius 3 is 2.90 bits per heavy atom. The lowest BCUT2D eigenvalue weighted by Gasteiger charge is -2.24. The molecule has 0 saturated carbocycles. The Labute approximate surface area is 134 Å². The number of aryl methyl sites for hydroxylation is 1. The van der Waals surface area contributed by atoms with Crippen LogP contribution < -0.4 is 10.6 Å². The molecule has 2 N–H and O–H groups in total. The molecule has 1 atom stereocenters. The van der Waals surface area contributed by atoms with E-state index in [1.165, 1.54) is 23.3 Å². The van der Waals surface area contributed by atoms with Crippen LogP contribution in [0.25, 0.3) is 0 Å². The van der Waals surface area contributed by atoms with E-state index in [1.54, 1.807) is 11.3 Å². The summed E-state index contributed by atoms with van der Waals surface area (Å²) in [5.74, 6) is 0.773. The maximum absolute atomic E-state index is 12.4. The van der Waals surface area contributed by atoms with Crippen molar-refractivity contribution in [1.29, 1.82) is 0 Å². The number of carbonyl (C=O) groups excluding carboxylic acids is 1. The van der Waals surface area contributed by atoms with Gasteiger partial charge in [0.1, 0.15) is 10.8 Å². The fourth-order valence-electron chi connectivity index (χ4n) is 2.90. The second kappa shape index (κ2) is 4.77. The number of thiophene rings is 1. The Hall–Kier alpha value is -1.02. The summed E-state index contributed by atoms with van der Waals surface area (Å²) < 4.78 is 6.43. The normalized spacial score (nSPS) is 20.9. The lowest BCUT2D eigenvalue weighted by atomic mass is 9.94. The van der Waals surface area contributed by atoms with Crippen molar-refractivity contribution in [2.45, 2.75) is 31.8 Å². The number of fused-ring (bicyclic) bond motifs is 3. The van der Waals surface area contributed by atoms with Gasteiger partial charge in [-0.15, -0.1) is 11.3 Å². The molecule has 0 saturated heterocycles. The average molecular weight is 400 g/mol. The third-order valence-corrected chi connectivity index (χ3v) is 5.63.